The lowest BCUT2D eigenvalue weighted by molar-refractivity contribution is 0.590. The minimum Gasteiger partial charge on any atom is -0.311 e. The summed E-state index contributed by atoms with van der Waals surface area (Å²) in [5, 5.41) is 0. The fraction of sp³-hybridized carbons (Fsp3) is 0.118. The molecule has 0 bridgehead atoms. The van der Waals surface area contributed by atoms with Gasteiger partial charge in [0.15, 0.2) is 0 Å². The van der Waals surface area contributed by atoms with Gasteiger partial charge >= 0.3 is 0 Å². The van der Waals surface area contributed by atoms with Crippen LogP contribution in [-0.4, -0.2) is 0 Å². The van der Waals surface area contributed by atoms with Gasteiger partial charge in [0.1, 0.15) is 0 Å². The van der Waals surface area contributed by atoms with E-state index in [1.54, 1.807) is 0 Å². The molecule has 0 saturated heterocycles. The van der Waals surface area contributed by atoms with Crippen LogP contribution in [-0.2, 0) is 5.41 Å². The third kappa shape index (κ3) is 5.29. The van der Waals surface area contributed by atoms with Crippen molar-refractivity contribution in [3.8, 4) is 22.3 Å². The molecule has 0 fully saturated rings. The van der Waals surface area contributed by atoms with E-state index in [1.807, 2.05) is 0 Å². The summed E-state index contributed by atoms with van der Waals surface area (Å²) in [7, 11) is 0. The zero-order chi connectivity index (χ0) is 25.1. The van der Waals surface area contributed by atoms with E-state index in [2.05, 4.69) is 169 Å². The largest absolute Gasteiger partial charge is 0.311 e. The first-order chi connectivity index (χ1) is 17.4. The lowest BCUT2D eigenvalue weighted by Crippen LogP contribution is -2.10. The average Bonchev–Trinajstić information content (AvgIpc) is 2.91. The van der Waals surface area contributed by atoms with Gasteiger partial charge in [0.25, 0.3) is 0 Å². The van der Waals surface area contributed by atoms with Crippen molar-refractivity contribution in [1.82, 2.24) is 0 Å². The van der Waals surface area contributed by atoms with Gasteiger partial charge in [-0.2, -0.15) is 0 Å². The molecule has 0 aliphatic heterocycles. The van der Waals surface area contributed by atoms with Crippen LogP contribution in [0.1, 0.15) is 26.3 Å². The monoisotopic (exact) mass is 531 g/mol. The van der Waals surface area contributed by atoms with Crippen LogP contribution in [0.4, 0.5) is 17.1 Å². The average molecular weight is 533 g/mol. The molecule has 0 aromatic heterocycles. The molecule has 0 saturated carbocycles. The van der Waals surface area contributed by atoms with Gasteiger partial charge < -0.3 is 4.90 Å². The van der Waals surface area contributed by atoms with Crippen LogP contribution in [0.15, 0.2) is 132 Å². The molecule has 0 aliphatic rings. The van der Waals surface area contributed by atoms with E-state index in [0.717, 1.165) is 21.5 Å². The number of hydrogen-bond donors (Lipinski definition) is 0. The summed E-state index contributed by atoms with van der Waals surface area (Å²) in [6, 6.07) is 45.5. The van der Waals surface area contributed by atoms with Gasteiger partial charge in [-0.1, -0.05) is 116 Å². The molecule has 5 aromatic carbocycles. The summed E-state index contributed by atoms with van der Waals surface area (Å²) in [5.41, 5.74) is 9.76. The topological polar surface area (TPSA) is 3.24 Å². The molecule has 0 aliphatic carbocycles. The standard InChI is InChI=1S/C34H30BrN/c1-34(2,3)29-15-9-26(10-16-29)28-13-21-32(22-14-28)36(33-23-17-30(35)18-24-33)31-19-11-27(12-20-31)25-7-5-4-6-8-25/h4-24H,1-3H3. The van der Waals surface area contributed by atoms with Crippen molar-refractivity contribution >= 4 is 33.0 Å². The first-order valence-corrected chi connectivity index (χ1v) is 13.1. The molecule has 0 atom stereocenters. The maximum absolute atomic E-state index is 3.58. The molecule has 178 valence electrons. The Hall–Kier alpha value is -3.62. The first-order valence-electron chi connectivity index (χ1n) is 12.3. The van der Waals surface area contributed by atoms with E-state index < -0.39 is 0 Å². The van der Waals surface area contributed by atoms with E-state index in [0.29, 0.717) is 0 Å². The predicted molar refractivity (Wildman–Crippen MR) is 158 cm³/mol. The second-order valence-corrected chi connectivity index (χ2v) is 11.0. The van der Waals surface area contributed by atoms with Crippen LogP contribution < -0.4 is 4.90 Å². The Bertz CT molecular complexity index is 1410. The van der Waals surface area contributed by atoms with Gasteiger partial charge in [0, 0.05) is 21.5 Å². The molecular formula is C34H30BrN. The Kier molecular flexibility index (Phi) is 6.80. The molecule has 2 heteroatoms. The number of benzene rings is 5. The van der Waals surface area contributed by atoms with E-state index in [9.17, 15) is 0 Å². The Morgan fingerprint density at radius 3 is 1.22 bits per heavy atom. The summed E-state index contributed by atoms with van der Waals surface area (Å²) >= 11 is 3.58. The molecule has 0 N–H and O–H groups in total. The molecule has 1 nitrogen and oxygen atoms in total. The SMILES string of the molecule is CC(C)(C)c1ccc(-c2ccc(N(c3ccc(Br)cc3)c3ccc(-c4ccccc4)cc3)cc2)cc1. The van der Waals surface area contributed by atoms with Crippen molar-refractivity contribution in [2.24, 2.45) is 0 Å². The Labute approximate surface area is 223 Å². The van der Waals surface area contributed by atoms with E-state index in [4.69, 9.17) is 0 Å². The van der Waals surface area contributed by atoms with Crippen molar-refractivity contribution in [3.63, 3.8) is 0 Å². The molecule has 0 spiro atoms. The first kappa shape index (κ1) is 24.1. The highest BCUT2D eigenvalue weighted by atomic mass is 79.9. The molecule has 36 heavy (non-hydrogen) atoms. The fourth-order valence-electron chi connectivity index (χ4n) is 4.44. The molecule has 0 unspecified atom stereocenters. The summed E-state index contributed by atoms with van der Waals surface area (Å²) in [6.45, 7) is 6.75. The minimum absolute atomic E-state index is 0.156. The number of anilines is 3. The van der Waals surface area contributed by atoms with Gasteiger partial charge in [-0.05, 0) is 81.8 Å². The van der Waals surface area contributed by atoms with E-state index >= 15 is 0 Å². The Morgan fingerprint density at radius 1 is 0.444 bits per heavy atom. The number of halogens is 1. The number of nitrogens with zero attached hydrogens (tertiary/aromatic N) is 1. The Balaban J connectivity index is 1.49. The van der Waals surface area contributed by atoms with Gasteiger partial charge in [-0.3, -0.25) is 0 Å². The zero-order valence-electron chi connectivity index (χ0n) is 20.9. The second-order valence-electron chi connectivity index (χ2n) is 10.1. The van der Waals surface area contributed by atoms with Gasteiger partial charge in [-0.15, -0.1) is 0 Å². The molecule has 5 aromatic rings. The minimum atomic E-state index is 0.156. The van der Waals surface area contributed by atoms with Gasteiger partial charge in [0.2, 0.25) is 0 Å². The highest BCUT2D eigenvalue weighted by molar-refractivity contribution is 9.10. The van der Waals surface area contributed by atoms with E-state index in [1.165, 1.54) is 27.8 Å². The van der Waals surface area contributed by atoms with Crippen LogP contribution >= 0.6 is 15.9 Å². The third-order valence-electron chi connectivity index (χ3n) is 6.53. The molecule has 0 amide bonds. The van der Waals surface area contributed by atoms with Crippen molar-refractivity contribution in [2.45, 2.75) is 26.2 Å². The van der Waals surface area contributed by atoms with Crippen LogP contribution in [0.25, 0.3) is 22.3 Å². The molecule has 5 rings (SSSR count). The number of rotatable bonds is 5. The zero-order valence-corrected chi connectivity index (χ0v) is 22.5. The van der Waals surface area contributed by atoms with Crippen LogP contribution in [0, 0.1) is 0 Å². The highest BCUT2D eigenvalue weighted by Crippen LogP contribution is 2.37. The summed E-state index contributed by atoms with van der Waals surface area (Å²) in [6.07, 6.45) is 0. The van der Waals surface area contributed by atoms with Crippen LogP contribution in [0.5, 0.6) is 0 Å². The predicted octanol–water partition coefficient (Wildman–Crippen LogP) is 10.6. The lowest BCUT2D eigenvalue weighted by Gasteiger charge is -2.26. The van der Waals surface area contributed by atoms with Crippen molar-refractivity contribution in [2.75, 3.05) is 4.90 Å². The van der Waals surface area contributed by atoms with Crippen LogP contribution in [0.3, 0.4) is 0 Å². The summed E-state index contributed by atoms with van der Waals surface area (Å²) < 4.78 is 1.07. The third-order valence-corrected chi connectivity index (χ3v) is 7.06. The Morgan fingerprint density at radius 2 is 0.806 bits per heavy atom. The van der Waals surface area contributed by atoms with Gasteiger partial charge in [-0.25, -0.2) is 0 Å². The quantitative estimate of drug-likeness (QED) is 0.218. The summed E-state index contributed by atoms with van der Waals surface area (Å²) in [4.78, 5) is 2.30. The highest BCUT2D eigenvalue weighted by Gasteiger charge is 2.15. The normalized spacial score (nSPS) is 11.3. The molecule has 0 radical (unpaired) electrons. The fourth-order valence-corrected chi connectivity index (χ4v) is 4.70. The smallest absolute Gasteiger partial charge is 0.0462 e. The molecular weight excluding hydrogens is 502 g/mol. The second kappa shape index (κ2) is 10.2. The summed E-state index contributed by atoms with van der Waals surface area (Å²) in [5.74, 6) is 0. The van der Waals surface area contributed by atoms with Crippen molar-refractivity contribution in [3.05, 3.63) is 137 Å². The van der Waals surface area contributed by atoms with Crippen molar-refractivity contribution in [1.29, 1.82) is 0 Å². The van der Waals surface area contributed by atoms with E-state index in [-0.39, 0.29) is 5.41 Å². The van der Waals surface area contributed by atoms with Gasteiger partial charge in [0.05, 0.1) is 0 Å². The maximum Gasteiger partial charge on any atom is 0.0462 e. The maximum atomic E-state index is 3.58. The van der Waals surface area contributed by atoms with Crippen LogP contribution in [0.2, 0.25) is 0 Å². The number of hydrogen-bond acceptors (Lipinski definition) is 1. The lowest BCUT2D eigenvalue weighted by atomic mass is 9.86. The van der Waals surface area contributed by atoms with Crippen molar-refractivity contribution < 1.29 is 0 Å². The molecule has 0 heterocycles.